The normalized spacial score (nSPS) is 12.4. The van der Waals surface area contributed by atoms with Gasteiger partial charge in [0.05, 0.1) is 19.0 Å². The van der Waals surface area contributed by atoms with Gasteiger partial charge in [-0.3, -0.25) is 4.90 Å². The van der Waals surface area contributed by atoms with Crippen molar-refractivity contribution in [2.75, 3.05) is 13.2 Å². The second-order valence-corrected chi connectivity index (χ2v) is 6.67. The molecule has 0 radical (unpaired) electrons. The van der Waals surface area contributed by atoms with Gasteiger partial charge in [-0.1, -0.05) is 24.3 Å². The lowest BCUT2D eigenvalue weighted by atomic mass is 10.1. The predicted molar refractivity (Wildman–Crippen MR) is 101 cm³/mol. The van der Waals surface area contributed by atoms with Crippen molar-refractivity contribution in [3.8, 4) is 0 Å². The second-order valence-electron chi connectivity index (χ2n) is 6.67. The fraction of sp³-hybridized carbons (Fsp3) is 0.273. The molecule has 0 bridgehead atoms. The zero-order chi connectivity index (χ0) is 19.8. The first-order valence-corrected chi connectivity index (χ1v) is 9.08. The zero-order valence-corrected chi connectivity index (χ0v) is 15.4. The fourth-order valence-electron chi connectivity index (χ4n) is 2.92. The molecule has 148 valence electrons. The largest absolute Gasteiger partial charge is 0.467 e. The first-order valence-electron chi connectivity index (χ1n) is 9.08. The minimum Gasteiger partial charge on any atom is -0.467 e. The number of halogens is 2. The lowest BCUT2D eigenvalue weighted by molar-refractivity contribution is 0.00253. The van der Waals surface area contributed by atoms with Crippen LogP contribution in [0.1, 0.15) is 16.9 Å². The Kier molecular flexibility index (Phi) is 7.31. The number of ether oxygens (including phenoxy) is 1. The van der Waals surface area contributed by atoms with E-state index in [0.29, 0.717) is 32.0 Å². The van der Waals surface area contributed by atoms with Gasteiger partial charge in [0.2, 0.25) is 0 Å². The van der Waals surface area contributed by atoms with Crippen molar-refractivity contribution in [3.05, 3.63) is 95.4 Å². The molecule has 1 unspecified atom stereocenters. The molecule has 6 heteroatoms. The number of furan rings is 1. The SMILES string of the molecule is OC(COCc1ccco1)CN(Cc1ccc(F)cc1)Cc1ccc(F)cc1. The van der Waals surface area contributed by atoms with Crippen molar-refractivity contribution < 1.29 is 23.0 Å². The van der Waals surface area contributed by atoms with E-state index in [4.69, 9.17) is 9.15 Å². The minimum absolute atomic E-state index is 0.157. The highest BCUT2D eigenvalue weighted by atomic mass is 19.1. The van der Waals surface area contributed by atoms with Crippen LogP contribution in [0.4, 0.5) is 8.78 Å². The quantitative estimate of drug-likeness (QED) is 0.568. The van der Waals surface area contributed by atoms with Gasteiger partial charge in [0.25, 0.3) is 0 Å². The third-order valence-electron chi connectivity index (χ3n) is 4.24. The maximum Gasteiger partial charge on any atom is 0.129 e. The van der Waals surface area contributed by atoms with E-state index < -0.39 is 6.10 Å². The van der Waals surface area contributed by atoms with E-state index in [9.17, 15) is 13.9 Å². The van der Waals surface area contributed by atoms with Gasteiger partial charge in [-0.15, -0.1) is 0 Å². The van der Waals surface area contributed by atoms with Crippen LogP contribution in [-0.2, 0) is 24.4 Å². The Balaban J connectivity index is 1.58. The highest BCUT2D eigenvalue weighted by Gasteiger charge is 2.14. The zero-order valence-electron chi connectivity index (χ0n) is 15.4. The Labute approximate surface area is 163 Å². The summed E-state index contributed by atoms with van der Waals surface area (Å²) in [7, 11) is 0. The molecule has 3 aromatic rings. The second kappa shape index (κ2) is 10.1. The number of aliphatic hydroxyl groups excluding tert-OH is 1. The molecule has 1 heterocycles. The number of hydrogen-bond acceptors (Lipinski definition) is 4. The molecule has 3 rings (SSSR count). The van der Waals surface area contributed by atoms with Crippen LogP contribution in [0.2, 0.25) is 0 Å². The molecule has 0 aliphatic carbocycles. The number of nitrogens with zero attached hydrogens (tertiary/aromatic N) is 1. The summed E-state index contributed by atoms with van der Waals surface area (Å²) in [5, 5.41) is 10.4. The molecule has 0 aliphatic heterocycles. The van der Waals surface area contributed by atoms with Gasteiger partial charge in [-0.25, -0.2) is 8.78 Å². The van der Waals surface area contributed by atoms with Crippen molar-refractivity contribution in [3.63, 3.8) is 0 Å². The summed E-state index contributed by atoms with van der Waals surface area (Å²) in [5.74, 6) is 0.113. The first-order chi connectivity index (χ1) is 13.6. The van der Waals surface area contributed by atoms with Gasteiger partial charge >= 0.3 is 0 Å². The standard InChI is InChI=1S/C22H23F2NO3/c23-19-7-3-17(4-8-19)12-25(13-18-5-9-20(24)10-6-18)14-21(26)15-27-16-22-2-1-11-28-22/h1-11,21,26H,12-16H2. The third-order valence-corrected chi connectivity index (χ3v) is 4.24. The summed E-state index contributed by atoms with van der Waals surface area (Å²) >= 11 is 0. The molecule has 2 aromatic carbocycles. The van der Waals surface area contributed by atoms with E-state index in [0.717, 1.165) is 11.1 Å². The van der Waals surface area contributed by atoms with Crippen molar-refractivity contribution in [1.29, 1.82) is 0 Å². The molecular weight excluding hydrogens is 364 g/mol. The molecule has 28 heavy (non-hydrogen) atoms. The van der Waals surface area contributed by atoms with Crippen LogP contribution < -0.4 is 0 Å². The Morgan fingerprint density at radius 1 is 0.893 bits per heavy atom. The Bertz CT molecular complexity index is 773. The van der Waals surface area contributed by atoms with Crippen LogP contribution in [0, 0.1) is 11.6 Å². The van der Waals surface area contributed by atoms with Gasteiger partial charge in [-0.2, -0.15) is 0 Å². The molecule has 1 aromatic heterocycles. The summed E-state index contributed by atoms with van der Waals surface area (Å²) < 4.78 is 37.0. The number of aliphatic hydroxyl groups is 1. The first kappa shape index (κ1) is 20.2. The molecule has 0 fully saturated rings. The topological polar surface area (TPSA) is 45.8 Å². The summed E-state index contributed by atoms with van der Waals surface area (Å²) in [5.41, 5.74) is 1.85. The maximum atomic E-state index is 13.2. The summed E-state index contributed by atoms with van der Waals surface area (Å²) in [6, 6.07) is 16.1. The smallest absolute Gasteiger partial charge is 0.129 e. The molecule has 0 spiro atoms. The molecule has 4 nitrogen and oxygen atoms in total. The highest BCUT2D eigenvalue weighted by Crippen LogP contribution is 2.13. The lowest BCUT2D eigenvalue weighted by Crippen LogP contribution is -2.34. The third kappa shape index (κ3) is 6.56. The van der Waals surface area contributed by atoms with E-state index in [-0.39, 0.29) is 18.2 Å². The Hall–Kier alpha value is -2.54. The summed E-state index contributed by atoms with van der Waals surface area (Å²) in [4.78, 5) is 2.02. The Morgan fingerprint density at radius 3 is 1.96 bits per heavy atom. The van der Waals surface area contributed by atoms with Crippen LogP contribution in [0.5, 0.6) is 0 Å². The van der Waals surface area contributed by atoms with Crippen molar-refractivity contribution >= 4 is 0 Å². The predicted octanol–water partition coefficient (Wildman–Crippen LogP) is 4.14. The van der Waals surface area contributed by atoms with Crippen LogP contribution in [-0.4, -0.2) is 29.3 Å². The average Bonchev–Trinajstić information content (AvgIpc) is 3.19. The number of benzene rings is 2. The van der Waals surface area contributed by atoms with Gasteiger partial charge in [-0.05, 0) is 47.5 Å². The molecule has 1 atom stereocenters. The molecule has 0 saturated carbocycles. The van der Waals surface area contributed by atoms with Crippen LogP contribution >= 0.6 is 0 Å². The van der Waals surface area contributed by atoms with E-state index in [1.807, 2.05) is 11.0 Å². The number of rotatable bonds is 10. The molecule has 0 saturated heterocycles. The monoisotopic (exact) mass is 387 g/mol. The van der Waals surface area contributed by atoms with Crippen LogP contribution in [0.15, 0.2) is 71.3 Å². The van der Waals surface area contributed by atoms with Crippen LogP contribution in [0.3, 0.4) is 0 Å². The summed E-state index contributed by atoms with van der Waals surface area (Å²) in [6.45, 7) is 1.84. The molecule has 0 amide bonds. The van der Waals surface area contributed by atoms with Crippen molar-refractivity contribution in [2.24, 2.45) is 0 Å². The van der Waals surface area contributed by atoms with Crippen molar-refractivity contribution in [1.82, 2.24) is 4.90 Å². The summed E-state index contributed by atoms with van der Waals surface area (Å²) in [6.07, 6.45) is 0.860. The fourth-order valence-corrected chi connectivity index (χ4v) is 2.92. The van der Waals surface area contributed by atoms with E-state index >= 15 is 0 Å². The van der Waals surface area contributed by atoms with E-state index in [1.54, 1.807) is 36.6 Å². The number of hydrogen-bond donors (Lipinski definition) is 1. The molecule has 0 aliphatic rings. The van der Waals surface area contributed by atoms with Gasteiger partial charge in [0, 0.05) is 19.6 Å². The lowest BCUT2D eigenvalue weighted by Gasteiger charge is -2.25. The molecular formula is C22H23F2NO3. The van der Waals surface area contributed by atoms with Crippen LogP contribution in [0.25, 0.3) is 0 Å². The minimum atomic E-state index is -0.712. The molecule has 1 N–H and O–H groups in total. The average molecular weight is 387 g/mol. The van der Waals surface area contributed by atoms with Crippen molar-refractivity contribution in [2.45, 2.75) is 25.8 Å². The Morgan fingerprint density at radius 2 is 1.46 bits per heavy atom. The van der Waals surface area contributed by atoms with Gasteiger partial charge in [0.15, 0.2) is 0 Å². The maximum absolute atomic E-state index is 13.2. The highest BCUT2D eigenvalue weighted by molar-refractivity contribution is 5.18. The van der Waals surface area contributed by atoms with Gasteiger partial charge in [0.1, 0.15) is 24.0 Å². The van der Waals surface area contributed by atoms with E-state index in [2.05, 4.69) is 0 Å². The van der Waals surface area contributed by atoms with Gasteiger partial charge < -0.3 is 14.3 Å². The van der Waals surface area contributed by atoms with E-state index in [1.165, 1.54) is 24.3 Å².